The van der Waals surface area contributed by atoms with Crippen molar-refractivity contribution in [1.29, 1.82) is 0 Å². The molecule has 0 spiro atoms. The second kappa shape index (κ2) is 4.33. The zero-order valence-electron chi connectivity index (χ0n) is 10.7. The Balaban J connectivity index is 2.46. The fraction of sp³-hybridized carbons (Fsp3) is 0.385. The van der Waals surface area contributed by atoms with Crippen LogP contribution in [0.3, 0.4) is 0 Å². The number of para-hydroxylation sites is 2. The molecular formula is C13H16N2O3. The molecule has 0 bridgehead atoms. The molecule has 3 amide bonds. The van der Waals surface area contributed by atoms with Gasteiger partial charge >= 0.3 is 6.03 Å². The van der Waals surface area contributed by atoms with Crippen LogP contribution < -0.4 is 15.0 Å². The molecule has 0 aliphatic carbocycles. The predicted octanol–water partition coefficient (Wildman–Crippen LogP) is 1.92. The maximum absolute atomic E-state index is 12.3. The Morgan fingerprint density at radius 3 is 2.56 bits per heavy atom. The van der Waals surface area contributed by atoms with E-state index in [9.17, 15) is 9.59 Å². The number of ether oxygens (including phenoxy) is 1. The number of nitrogens with zero attached hydrogens (tertiary/aromatic N) is 1. The van der Waals surface area contributed by atoms with Crippen LogP contribution in [0.1, 0.15) is 20.3 Å². The molecule has 18 heavy (non-hydrogen) atoms. The second-order valence-corrected chi connectivity index (χ2v) is 4.43. The van der Waals surface area contributed by atoms with Crippen molar-refractivity contribution in [3.8, 4) is 5.75 Å². The van der Waals surface area contributed by atoms with Gasteiger partial charge in [-0.2, -0.15) is 0 Å². The Morgan fingerprint density at radius 2 is 2.00 bits per heavy atom. The van der Waals surface area contributed by atoms with Crippen molar-refractivity contribution in [2.45, 2.75) is 25.8 Å². The van der Waals surface area contributed by atoms with Gasteiger partial charge in [0.2, 0.25) is 0 Å². The summed E-state index contributed by atoms with van der Waals surface area (Å²) in [5.41, 5.74) is -0.363. The monoisotopic (exact) mass is 248 g/mol. The number of carbonyl (C=O) groups excluding carboxylic acids is 2. The topological polar surface area (TPSA) is 58.6 Å². The predicted molar refractivity (Wildman–Crippen MR) is 67.7 cm³/mol. The van der Waals surface area contributed by atoms with E-state index in [0.29, 0.717) is 17.9 Å². The minimum absolute atomic E-state index is 0.250. The normalized spacial score (nSPS) is 23.2. The number of rotatable bonds is 3. The van der Waals surface area contributed by atoms with Crippen molar-refractivity contribution >= 4 is 17.6 Å². The molecule has 1 saturated heterocycles. The van der Waals surface area contributed by atoms with Gasteiger partial charge in [-0.15, -0.1) is 0 Å². The molecule has 1 atom stereocenters. The van der Waals surface area contributed by atoms with E-state index in [2.05, 4.69) is 5.32 Å². The summed E-state index contributed by atoms with van der Waals surface area (Å²) in [6.07, 6.45) is 0.545. The van der Waals surface area contributed by atoms with Crippen molar-refractivity contribution in [2.24, 2.45) is 0 Å². The van der Waals surface area contributed by atoms with Crippen molar-refractivity contribution in [1.82, 2.24) is 5.32 Å². The molecular weight excluding hydrogens is 232 g/mol. The van der Waals surface area contributed by atoms with Gasteiger partial charge in [-0.3, -0.25) is 4.79 Å². The van der Waals surface area contributed by atoms with Gasteiger partial charge in [-0.1, -0.05) is 19.1 Å². The fourth-order valence-corrected chi connectivity index (χ4v) is 1.96. The van der Waals surface area contributed by atoms with Gasteiger partial charge in [0.1, 0.15) is 11.3 Å². The van der Waals surface area contributed by atoms with Gasteiger partial charge < -0.3 is 10.1 Å². The van der Waals surface area contributed by atoms with Crippen LogP contribution >= 0.6 is 0 Å². The van der Waals surface area contributed by atoms with Gasteiger partial charge in [0.15, 0.2) is 0 Å². The summed E-state index contributed by atoms with van der Waals surface area (Å²) in [4.78, 5) is 25.4. The molecule has 1 heterocycles. The van der Waals surface area contributed by atoms with Crippen LogP contribution in [0.4, 0.5) is 10.5 Å². The number of anilines is 1. The smallest absolute Gasteiger partial charge is 0.329 e. The zero-order valence-corrected chi connectivity index (χ0v) is 10.7. The number of methoxy groups -OCH3 is 1. The molecule has 0 saturated carbocycles. The van der Waals surface area contributed by atoms with E-state index in [1.165, 1.54) is 7.11 Å². The molecule has 1 aliphatic rings. The van der Waals surface area contributed by atoms with Crippen molar-refractivity contribution < 1.29 is 14.3 Å². The quantitative estimate of drug-likeness (QED) is 0.831. The molecule has 1 aliphatic heterocycles. The van der Waals surface area contributed by atoms with Crippen LogP contribution in [-0.2, 0) is 4.79 Å². The molecule has 1 aromatic rings. The number of hydrogen-bond donors (Lipinski definition) is 1. The SMILES string of the molecule is CCC1(C)NC(=O)N(c2ccccc2OC)C1=O. The van der Waals surface area contributed by atoms with E-state index >= 15 is 0 Å². The number of carbonyl (C=O) groups is 2. The largest absolute Gasteiger partial charge is 0.495 e. The lowest BCUT2D eigenvalue weighted by atomic mass is 9.99. The Labute approximate surface area is 106 Å². The molecule has 2 rings (SSSR count). The van der Waals surface area contributed by atoms with E-state index in [0.717, 1.165) is 4.90 Å². The molecule has 96 valence electrons. The molecule has 5 heteroatoms. The summed E-state index contributed by atoms with van der Waals surface area (Å²) in [6, 6.07) is 6.56. The van der Waals surface area contributed by atoms with E-state index < -0.39 is 11.6 Å². The van der Waals surface area contributed by atoms with Gasteiger partial charge in [0.05, 0.1) is 12.8 Å². The second-order valence-electron chi connectivity index (χ2n) is 4.43. The average Bonchev–Trinajstić information content (AvgIpc) is 2.61. The third-order valence-electron chi connectivity index (χ3n) is 3.29. The van der Waals surface area contributed by atoms with Gasteiger partial charge in [-0.25, -0.2) is 9.69 Å². The Bertz CT molecular complexity index is 501. The van der Waals surface area contributed by atoms with Crippen LogP contribution in [0.25, 0.3) is 0 Å². The molecule has 1 aromatic carbocycles. The number of hydrogen-bond acceptors (Lipinski definition) is 3. The molecule has 0 radical (unpaired) electrons. The number of urea groups is 1. The minimum atomic E-state index is -0.835. The Morgan fingerprint density at radius 1 is 1.33 bits per heavy atom. The lowest BCUT2D eigenvalue weighted by molar-refractivity contribution is -0.121. The molecule has 0 aromatic heterocycles. The fourth-order valence-electron chi connectivity index (χ4n) is 1.96. The van der Waals surface area contributed by atoms with Crippen LogP contribution in [0.5, 0.6) is 5.75 Å². The van der Waals surface area contributed by atoms with E-state index in [-0.39, 0.29) is 5.91 Å². The van der Waals surface area contributed by atoms with Crippen molar-refractivity contribution in [3.63, 3.8) is 0 Å². The first-order valence-corrected chi connectivity index (χ1v) is 5.83. The lowest BCUT2D eigenvalue weighted by Gasteiger charge is -2.20. The first-order valence-electron chi connectivity index (χ1n) is 5.83. The number of benzene rings is 1. The minimum Gasteiger partial charge on any atom is -0.495 e. The molecule has 1 fully saturated rings. The van der Waals surface area contributed by atoms with Crippen molar-refractivity contribution in [3.05, 3.63) is 24.3 Å². The summed E-state index contributed by atoms with van der Waals surface area (Å²) in [5.74, 6) is 0.251. The maximum atomic E-state index is 12.3. The summed E-state index contributed by atoms with van der Waals surface area (Å²) >= 11 is 0. The van der Waals surface area contributed by atoms with Crippen molar-refractivity contribution in [2.75, 3.05) is 12.0 Å². The van der Waals surface area contributed by atoms with Gasteiger partial charge in [0.25, 0.3) is 5.91 Å². The molecule has 1 unspecified atom stereocenters. The highest BCUT2D eigenvalue weighted by Gasteiger charge is 2.47. The highest BCUT2D eigenvalue weighted by atomic mass is 16.5. The Kier molecular flexibility index (Phi) is 2.98. The van der Waals surface area contributed by atoms with E-state index in [4.69, 9.17) is 4.74 Å². The first-order chi connectivity index (χ1) is 8.53. The summed E-state index contributed by atoms with van der Waals surface area (Å²) in [7, 11) is 1.51. The summed E-state index contributed by atoms with van der Waals surface area (Å²) in [6.45, 7) is 3.59. The zero-order chi connectivity index (χ0) is 13.3. The lowest BCUT2D eigenvalue weighted by Crippen LogP contribution is -2.43. The van der Waals surface area contributed by atoms with Crippen LogP contribution in [-0.4, -0.2) is 24.6 Å². The third-order valence-corrected chi connectivity index (χ3v) is 3.29. The Hall–Kier alpha value is -2.04. The third kappa shape index (κ3) is 1.72. The van der Waals surface area contributed by atoms with Gasteiger partial charge in [-0.05, 0) is 25.5 Å². The van der Waals surface area contributed by atoms with E-state index in [1.54, 1.807) is 31.2 Å². The highest BCUT2D eigenvalue weighted by Crippen LogP contribution is 2.33. The summed E-state index contributed by atoms with van der Waals surface area (Å²) in [5, 5.41) is 2.71. The van der Waals surface area contributed by atoms with Crippen LogP contribution in [0.15, 0.2) is 24.3 Å². The summed E-state index contributed by atoms with van der Waals surface area (Å²) < 4.78 is 5.18. The van der Waals surface area contributed by atoms with Crippen LogP contribution in [0.2, 0.25) is 0 Å². The number of nitrogens with one attached hydrogen (secondary N) is 1. The molecule has 5 nitrogen and oxygen atoms in total. The van der Waals surface area contributed by atoms with Crippen LogP contribution in [0, 0.1) is 0 Å². The standard InChI is InChI=1S/C13H16N2O3/c1-4-13(2)11(16)15(12(17)14-13)9-7-5-6-8-10(9)18-3/h5-8H,4H2,1-3H3,(H,14,17). The number of imide groups is 1. The number of amides is 3. The highest BCUT2D eigenvalue weighted by molar-refractivity contribution is 6.23. The molecule has 1 N–H and O–H groups in total. The van der Waals surface area contributed by atoms with E-state index in [1.807, 2.05) is 6.92 Å². The average molecular weight is 248 g/mol. The van der Waals surface area contributed by atoms with Gasteiger partial charge in [0, 0.05) is 0 Å². The first kappa shape index (κ1) is 12.4. The maximum Gasteiger partial charge on any atom is 0.329 e.